The van der Waals surface area contributed by atoms with Crippen LogP contribution in [0.15, 0.2) is 72.1 Å². The maximum Gasteiger partial charge on any atom is 0.219 e. The number of guanidine groups is 1. The lowest BCUT2D eigenvalue weighted by atomic mass is 10.2. The second kappa shape index (κ2) is 12.7. The van der Waals surface area contributed by atoms with Gasteiger partial charge >= 0.3 is 0 Å². The minimum absolute atomic E-state index is 0. The molecule has 1 aromatic carbocycles. The molecular formula is C22H28IN5O2. The zero-order valence-corrected chi connectivity index (χ0v) is 19.6. The molecule has 0 bridgehead atoms. The molecule has 2 heterocycles. The largest absolute Gasteiger partial charge is 0.494 e. The van der Waals surface area contributed by atoms with Crippen molar-refractivity contribution in [3.8, 4) is 17.4 Å². The van der Waals surface area contributed by atoms with Crippen molar-refractivity contribution in [2.75, 3.05) is 20.2 Å². The van der Waals surface area contributed by atoms with E-state index in [0.29, 0.717) is 24.8 Å². The highest BCUT2D eigenvalue weighted by Gasteiger charge is 2.03. The number of nitrogens with one attached hydrogen (secondary N) is 2. The minimum Gasteiger partial charge on any atom is -0.494 e. The van der Waals surface area contributed by atoms with Crippen LogP contribution < -0.4 is 20.1 Å². The predicted octanol–water partition coefficient (Wildman–Crippen LogP) is 4.06. The summed E-state index contributed by atoms with van der Waals surface area (Å²) in [6, 6.07) is 15.4. The molecule has 8 heteroatoms. The van der Waals surface area contributed by atoms with Gasteiger partial charge in [0.25, 0.3) is 0 Å². The average molecular weight is 521 g/mol. The summed E-state index contributed by atoms with van der Waals surface area (Å²) < 4.78 is 13.4. The van der Waals surface area contributed by atoms with Crippen LogP contribution in [0.25, 0.3) is 0 Å². The smallest absolute Gasteiger partial charge is 0.219 e. The Labute approximate surface area is 194 Å². The molecule has 0 aliphatic heterocycles. The normalized spacial score (nSPS) is 10.8. The second-order valence-electron chi connectivity index (χ2n) is 6.28. The van der Waals surface area contributed by atoms with Crippen LogP contribution >= 0.6 is 24.0 Å². The Balaban J connectivity index is 0.00000320. The van der Waals surface area contributed by atoms with E-state index in [2.05, 4.69) is 25.2 Å². The van der Waals surface area contributed by atoms with Crippen LogP contribution in [0, 0.1) is 0 Å². The number of benzene rings is 1. The molecule has 0 unspecified atom stereocenters. The molecule has 3 rings (SSSR count). The Kier molecular flexibility index (Phi) is 9.99. The topological polar surface area (TPSA) is 72.7 Å². The van der Waals surface area contributed by atoms with Crippen LogP contribution in [0.3, 0.4) is 0 Å². The molecule has 0 amide bonds. The van der Waals surface area contributed by atoms with E-state index >= 15 is 0 Å². The molecule has 0 saturated carbocycles. The van der Waals surface area contributed by atoms with E-state index in [1.54, 1.807) is 13.2 Å². The number of hydrogen-bond donors (Lipinski definition) is 2. The molecule has 7 nitrogen and oxygen atoms in total. The predicted molar refractivity (Wildman–Crippen MR) is 130 cm³/mol. The Bertz CT molecular complexity index is 898. The van der Waals surface area contributed by atoms with Crippen molar-refractivity contribution < 1.29 is 9.47 Å². The maximum absolute atomic E-state index is 5.85. The number of rotatable bonds is 9. The molecule has 160 valence electrons. The van der Waals surface area contributed by atoms with Crippen LogP contribution in [-0.2, 0) is 13.1 Å². The molecule has 0 saturated heterocycles. The van der Waals surface area contributed by atoms with Gasteiger partial charge in [-0.25, -0.2) is 4.98 Å². The Morgan fingerprint density at radius 3 is 2.50 bits per heavy atom. The second-order valence-corrected chi connectivity index (χ2v) is 6.28. The fraction of sp³-hybridized carbons (Fsp3) is 0.273. The van der Waals surface area contributed by atoms with Crippen molar-refractivity contribution in [3.63, 3.8) is 0 Å². The number of halogens is 1. The van der Waals surface area contributed by atoms with Crippen molar-refractivity contribution in [3.05, 3.63) is 72.7 Å². The summed E-state index contributed by atoms with van der Waals surface area (Å²) in [5.41, 5.74) is 1.05. The van der Waals surface area contributed by atoms with Crippen LogP contribution in [0.2, 0.25) is 0 Å². The van der Waals surface area contributed by atoms with E-state index in [-0.39, 0.29) is 24.0 Å². The first-order valence-corrected chi connectivity index (χ1v) is 9.67. The summed E-state index contributed by atoms with van der Waals surface area (Å²) in [5, 5.41) is 6.62. The van der Waals surface area contributed by atoms with Crippen LogP contribution in [0.5, 0.6) is 17.4 Å². The monoisotopic (exact) mass is 521 g/mol. The van der Waals surface area contributed by atoms with E-state index in [4.69, 9.17) is 9.47 Å². The van der Waals surface area contributed by atoms with Crippen LogP contribution in [0.1, 0.15) is 12.5 Å². The lowest BCUT2D eigenvalue weighted by molar-refractivity contribution is 0.339. The van der Waals surface area contributed by atoms with Gasteiger partial charge in [0.2, 0.25) is 5.88 Å². The van der Waals surface area contributed by atoms with Crippen molar-refractivity contribution in [2.45, 2.75) is 20.0 Å². The number of pyridine rings is 1. The molecule has 2 N–H and O–H groups in total. The van der Waals surface area contributed by atoms with E-state index < -0.39 is 0 Å². The zero-order chi connectivity index (χ0) is 20.3. The summed E-state index contributed by atoms with van der Waals surface area (Å²) in [6.45, 7) is 4.88. The summed E-state index contributed by atoms with van der Waals surface area (Å²) in [6.07, 6.45) is 5.82. The summed E-state index contributed by atoms with van der Waals surface area (Å²) in [5.74, 6) is 2.84. The third kappa shape index (κ3) is 7.58. The molecule has 30 heavy (non-hydrogen) atoms. The fourth-order valence-corrected chi connectivity index (χ4v) is 2.74. The van der Waals surface area contributed by atoms with E-state index in [1.807, 2.05) is 67.8 Å². The zero-order valence-electron chi connectivity index (χ0n) is 17.2. The number of ether oxygens (including phenoxy) is 2. The van der Waals surface area contributed by atoms with Crippen molar-refractivity contribution >= 4 is 29.9 Å². The average Bonchev–Trinajstić information content (AvgIpc) is 3.26. The molecule has 3 aromatic rings. The first-order chi connectivity index (χ1) is 14.3. The van der Waals surface area contributed by atoms with Crippen LogP contribution in [0.4, 0.5) is 0 Å². The highest BCUT2D eigenvalue weighted by atomic mass is 127. The van der Waals surface area contributed by atoms with E-state index in [1.165, 1.54) is 0 Å². The summed E-state index contributed by atoms with van der Waals surface area (Å²) in [4.78, 5) is 8.55. The van der Waals surface area contributed by atoms with Gasteiger partial charge in [-0.1, -0.05) is 0 Å². The van der Waals surface area contributed by atoms with E-state index in [9.17, 15) is 0 Å². The maximum atomic E-state index is 5.85. The van der Waals surface area contributed by atoms with Crippen molar-refractivity contribution in [1.82, 2.24) is 20.2 Å². The van der Waals surface area contributed by atoms with Gasteiger partial charge < -0.3 is 24.7 Å². The third-order valence-corrected chi connectivity index (χ3v) is 4.17. The first kappa shape index (κ1) is 23.5. The lowest BCUT2D eigenvalue weighted by Gasteiger charge is -2.13. The third-order valence-electron chi connectivity index (χ3n) is 4.17. The summed E-state index contributed by atoms with van der Waals surface area (Å²) in [7, 11) is 1.76. The number of aromatic nitrogens is 2. The van der Waals surface area contributed by atoms with Gasteiger partial charge in [0.15, 0.2) is 5.96 Å². The molecule has 0 aliphatic carbocycles. The highest BCUT2D eigenvalue weighted by molar-refractivity contribution is 14.0. The lowest BCUT2D eigenvalue weighted by Crippen LogP contribution is -2.38. The van der Waals surface area contributed by atoms with Crippen LogP contribution in [-0.4, -0.2) is 35.7 Å². The minimum atomic E-state index is 0. The Morgan fingerprint density at radius 1 is 1.07 bits per heavy atom. The number of nitrogens with zero attached hydrogens (tertiary/aromatic N) is 3. The SMILES string of the molecule is CCOc1ccc(Oc2cc(CNC(=NC)NCCn3cccc3)ccn2)cc1.I. The van der Waals surface area contributed by atoms with Crippen molar-refractivity contribution in [2.24, 2.45) is 4.99 Å². The van der Waals surface area contributed by atoms with Gasteiger partial charge in [0.1, 0.15) is 11.5 Å². The van der Waals surface area contributed by atoms with Gasteiger partial charge in [-0.3, -0.25) is 4.99 Å². The van der Waals surface area contributed by atoms with E-state index in [0.717, 1.165) is 30.4 Å². The van der Waals surface area contributed by atoms with Gasteiger partial charge in [-0.15, -0.1) is 24.0 Å². The van der Waals surface area contributed by atoms with Gasteiger partial charge in [0, 0.05) is 51.3 Å². The number of aliphatic imine (C=N–C) groups is 1. The molecule has 0 radical (unpaired) electrons. The Morgan fingerprint density at radius 2 is 1.80 bits per heavy atom. The first-order valence-electron chi connectivity index (χ1n) is 9.67. The standard InChI is InChI=1S/C22H27N5O2.HI/c1-3-28-19-6-8-20(9-7-19)29-21-16-18(10-11-24-21)17-26-22(23-2)25-12-15-27-13-4-5-14-27;/h4-11,13-14,16H,3,12,15,17H2,1-2H3,(H2,23,25,26);1H. The van der Waals surface area contributed by atoms with Gasteiger partial charge in [-0.05, 0) is 55.0 Å². The molecule has 0 atom stereocenters. The van der Waals surface area contributed by atoms with Crippen molar-refractivity contribution in [1.29, 1.82) is 0 Å². The fourth-order valence-electron chi connectivity index (χ4n) is 2.74. The van der Waals surface area contributed by atoms with Gasteiger partial charge in [-0.2, -0.15) is 0 Å². The summed E-state index contributed by atoms with van der Waals surface area (Å²) >= 11 is 0. The molecular weight excluding hydrogens is 493 g/mol. The quantitative estimate of drug-likeness (QED) is 0.253. The molecule has 0 fully saturated rings. The molecule has 0 spiro atoms. The van der Waals surface area contributed by atoms with Gasteiger partial charge in [0.05, 0.1) is 6.61 Å². The highest BCUT2D eigenvalue weighted by Crippen LogP contribution is 2.23. The molecule has 0 aliphatic rings. The molecule has 2 aromatic heterocycles. The number of hydrogen-bond acceptors (Lipinski definition) is 4. The Hall–Kier alpha value is -2.75.